The molecule has 1 N–H and O–H groups in total. The molecule has 0 fully saturated rings. The molecule has 2 nitrogen and oxygen atoms in total. The smallest absolute Gasteiger partial charge is 0.0524 e. The zero-order valence-corrected chi connectivity index (χ0v) is 11.1. The van der Waals surface area contributed by atoms with Gasteiger partial charge in [-0.2, -0.15) is 0 Å². The minimum absolute atomic E-state index is 0.199. The number of benzene rings is 1. The fourth-order valence-electron chi connectivity index (χ4n) is 1.86. The second kappa shape index (κ2) is 8.26. The molecule has 1 aromatic carbocycles. The summed E-state index contributed by atoms with van der Waals surface area (Å²) in [6.07, 6.45) is 3.11. The third-order valence-electron chi connectivity index (χ3n) is 2.94. The molecule has 0 saturated heterocycles. The van der Waals surface area contributed by atoms with Crippen molar-refractivity contribution in [3.05, 3.63) is 35.9 Å². The van der Waals surface area contributed by atoms with Crippen molar-refractivity contribution in [1.29, 1.82) is 0 Å². The highest BCUT2D eigenvalue weighted by Gasteiger charge is 2.06. The maximum atomic E-state index is 9.37. The molecule has 17 heavy (non-hydrogen) atoms. The maximum absolute atomic E-state index is 9.37. The van der Waals surface area contributed by atoms with E-state index >= 15 is 0 Å². The summed E-state index contributed by atoms with van der Waals surface area (Å²) in [4.78, 5) is 2.44. The van der Waals surface area contributed by atoms with Gasteiger partial charge in [0, 0.05) is 13.1 Å². The molecule has 0 aliphatic heterocycles. The maximum Gasteiger partial charge on any atom is 0.0524 e. The predicted molar refractivity (Wildman–Crippen MR) is 72.9 cm³/mol. The minimum atomic E-state index is -0.199. The lowest BCUT2D eigenvalue weighted by molar-refractivity contribution is 0.152. The van der Waals surface area contributed by atoms with Gasteiger partial charge in [0.2, 0.25) is 0 Å². The summed E-state index contributed by atoms with van der Waals surface area (Å²) in [6, 6.07) is 10.6. The van der Waals surface area contributed by atoms with Crippen molar-refractivity contribution in [3.8, 4) is 0 Å². The van der Waals surface area contributed by atoms with Crippen LogP contribution in [-0.4, -0.2) is 29.2 Å². The molecule has 1 rings (SSSR count). The van der Waals surface area contributed by atoms with E-state index in [9.17, 15) is 5.11 Å². The van der Waals surface area contributed by atoms with Crippen LogP contribution < -0.4 is 0 Å². The summed E-state index contributed by atoms with van der Waals surface area (Å²) in [7, 11) is 0. The second-order valence-electron chi connectivity index (χ2n) is 4.75. The van der Waals surface area contributed by atoms with Crippen LogP contribution in [0, 0.1) is 0 Å². The highest BCUT2D eigenvalue weighted by Crippen LogP contribution is 2.07. The largest absolute Gasteiger partial charge is 0.393 e. The normalized spacial score (nSPS) is 12.9. The van der Waals surface area contributed by atoms with Crippen LogP contribution in [0.25, 0.3) is 0 Å². The van der Waals surface area contributed by atoms with E-state index in [1.54, 1.807) is 0 Å². The van der Waals surface area contributed by atoms with Gasteiger partial charge in [0.05, 0.1) is 6.10 Å². The molecule has 96 valence electrons. The van der Waals surface area contributed by atoms with Crippen LogP contribution in [0.4, 0.5) is 0 Å². The molecule has 1 aromatic rings. The van der Waals surface area contributed by atoms with Crippen molar-refractivity contribution >= 4 is 0 Å². The monoisotopic (exact) mass is 235 g/mol. The number of hydrogen-bond acceptors (Lipinski definition) is 2. The fraction of sp³-hybridized carbons (Fsp3) is 0.600. The first kappa shape index (κ1) is 14.2. The van der Waals surface area contributed by atoms with Gasteiger partial charge in [-0.25, -0.2) is 0 Å². The molecular formula is C15H25NO. The number of hydrogen-bond donors (Lipinski definition) is 1. The summed E-state index contributed by atoms with van der Waals surface area (Å²) < 4.78 is 0. The summed E-state index contributed by atoms with van der Waals surface area (Å²) in [5.41, 5.74) is 1.36. The molecular weight excluding hydrogens is 210 g/mol. The second-order valence-corrected chi connectivity index (χ2v) is 4.75. The van der Waals surface area contributed by atoms with Crippen molar-refractivity contribution in [2.75, 3.05) is 13.1 Å². The Balaban J connectivity index is 2.44. The van der Waals surface area contributed by atoms with Gasteiger partial charge in [-0.05, 0) is 31.9 Å². The first-order valence-corrected chi connectivity index (χ1v) is 6.66. The average molecular weight is 235 g/mol. The molecule has 0 radical (unpaired) electrons. The highest BCUT2D eigenvalue weighted by molar-refractivity contribution is 5.14. The number of aliphatic hydroxyl groups excluding tert-OH is 1. The Morgan fingerprint density at radius 2 is 1.88 bits per heavy atom. The SMILES string of the molecule is CCCCN(CCC(C)O)Cc1ccccc1. The molecule has 0 heterocycles. The zero-order chi connectivity index (χ0) is 12.5. The van der Waals surface area contributed by atoms with Crippen molar-refractivity contribution in [1.82, 2.24) is 4.90 Å². The third-order valence-corrected chi connectivity index (χ3v) is 2.94. The van der Waals surface area contributed by atoms with Crippen molar-refractivity contribution in [3.63, 3.8) is 0 Å². The van der Waals surface area contributed by atoms with Crippen LogP contribution in [0.15, 0.2) is 30.3 Å². The molecule has 0 saturated carbocycles. The summed E-state index contributed by atoms with van der Waals surface area (Å²) in [6.45, 7) is 7.17. The Labute approximate surface area is 105 Å². The van der Waals surface area contributed by atoms with E-state index in [1.807, 2.05) is 6.92 Å². The third kappa shape index (κ3) is 6.44. The van der Waals surface area contributed by atoms with E-state index in [4.69, 9.17) is 0 Å². The number of nitrogens with zero attached hydrogens (tertiary/aromatic N) is 1. The summed E-state index contributed by atoms with van der Waals surface area (Å²) in [5.74, 6) is 0. The number of unbranched alkanes of at least 4 members (excludes halogenated alkanes) is 1. The minimum Gasteiger partial charge on any atom is -0.393 e. The van der Waals surface area contributed by atoms with Crippen LogP contribution in [-0.2, 0) is 6.54 Å². The molecule has 0 aromatic heterocycles. The molecule has 2 heteroatoms. The zero-order valence-electron chi connectivity index (χ0n) is 11.1. The summed E-state index contributed by atoms with van der Waals surface area (Å²) in [5, 5.41) is 9.37. The Kier molecular flexibility index (Phi) is 6.90. The first-order valence-electron chi connectivity index (χ1n) is 6.66. The number of rotatable bonds is 8. The average Bonchev–Trinajstić information content (AvgIpc) is 2.34. The van der Waals surface area contributed by atoms with E-state index in [-0.39, 0.29) is 6.10 Å². The van der Waals surface area contributed by atoms with E-state index in [0.717, 1.165) is 26.1 Å². The Hall–Kier alpha value is -0.860. The van der Waals surface area contributed by atoms with Gasteiger partial charge in [-0.3, -0.25) is 4.90 Å². The van der Waals surface area contributed by atoms with Crippen LogP contribution in [0.5, 0.6) is 0 Å². The Morgan fingerprint density at radius 3 is 2.47 bits per heavy atom. The lowest BCUT2D eigenvalue weighted by atomic mass is 10.2. The fourth-order valence-corrected chi connectivity index (χ4v) is 1.86. The standard InChI is InChI=1S/C15H25NO/c1-3-4-11-16(12-10-14(2)17)13-15-8-6-5-7-9-15/h5-9,14,17H,3-4,10-13H2,1-2H3. The molecule has 1 atom stereocenters. The van der Waals surface area contributed by atoms with E-state index in [1.165, 1.54) is 18.4 Å². The van der Waals surface area contributed by atoms with Gasteiger partial charge in [0.25, 0.3) is 0 Å². The Morgan fingerprint density at radius 1 is 1.18 bits per heavy atom. The van der Waals surface area contributed by atoms with E-state index in [0.29, 0.717) is 0 Å². The lowest BCUT2D eigenvalue weighted by Gasteiger charge is -2.22. The van der Waals surface area contributed by atoms with Gasteiger partial charge in [-0.1, -0.05) is 43.7 Å². The summed E-state index contributed by atoms with van der Waals surface area (Å²) >= 11 is 0. The van der Waals surface area contributed by atoms with Crippen LogP contribution in [0.1, 0.15) is 38.7 Å². The van der Waals surface area contributed by atoms with Crippen LogP contribution >= 0.6 is 0 Å². The van der Waals surface area contributed by atoms with Gasteiger partial charge in [-0.15, -0.1) is 0 Å². The first-order chi connectivity index (χ1) is 8.22. The van der Waals surface area contributed by atoms with Gasteiger partial charge in [0.1, 0.15) is 0 Å². The van der Waals surface area contributed by atoms with Gasteiger partial charge >= 0.3 is 0 Å². The Bertz CT molecular complexity index is 284. The highest BCUT2D eigenvalue weighted by atomic mass is 16.3. The van der Waals surface area contributed by atoms with Crippen molar-refractivity contribution < 1.29 is 5.11 Å². The molecule has 0 aliphatic rings. The van der Waals surface area contributed by atoms with Gasteiger partial charge < -0.3 is 5.11 Å². The molecule has 1 unspecified atom stereocenters. The van der Waals surface area contributed by atoms with Crippen molar-refractivity contribution in [2.24, 2.45) is 0 Å². The molecule has 0 bridgehead atoms. The van der Waals surface area contributed by atoms with Crippen molar-refractivity contribution in [2.45, 2.75) is 45.8 Å². The predicted octanol–water partition coefficient (Wildman–Crippen LogP) is 3.06. The van der Waals surface area contributed by atoms with Gasteiger partial charge in [0.15, 0.2) is 0 Å². The van der Waals surface area contributed by atoms with Crippen LogP contribution in [0.2, 0.25) is 0 Å². The lowest BCUT2D eigenvalue weighted by Crippen LogP contribution is -2.27. The molecule has 0 amide bonds. The topological polar surface area (TPSA) is 23.5 Å². The molecule has 0 aliphatic carbocycles. The van der Waals surface area contributed by atoms with Crippen LogP contribution in [0.3, 0.4) is 0 Å². The quantitative estimate of drug-likeness (QED) is 0.748. The van der Waals surface area contributed by atoms with E-state index < -0.39 is 0 Å². The molecule has 0 spiro atoms. The van der Waals surface area contributed by atoms with E-state index in [2.05, 4.69) is 42.2 Å². The number of aliphatic hydroxyl groups is 1.